The van der Waals surface area contributed by atoms with Crippen molar-refractivity contribution in [3.63, 3.8) is 0 Å². The van der Waals surface area contributed by atoms with Crippen molar-refractivity contribution in [2.45, 2.75) is 24.1 Å². The van der Waals surface area contributed by atoms with Gasteiger partial charge in [0.2, 0.25) is 5.91 Å². The summed E-state index contributed by atoms with van der Waals surface area (Å²) in [7, 11) is 0. The van der Waals surface area contributed by atoms with Crippen LogP contribution in [0.25, 0.3) is 10.9 Å². The zero-order chi connectivity index (χ0) is 15.7. The van der Waals surface area contributed by atoms with Crippen LogP contribution in [-0.2, 0) is 4.79 Å². The lowest BCUT2D eigenvalue weighted by molar-refractivity contribution is -0.126. The number of hydrogen-bond acceptors (Lipinski definition) is 5. The number of fused-ring (bicyclic) bond motifs is 1. The van der Waals surface area contributed by atoms with Gasteiger partial charge in [-0.3, -0.25) is 9.69 Å². The van der Waals surface area contributed by atoms with Crippen LogP contribution in [-0.4, -0.2) is 45.1 Å². The molecule has 6 nitrogen and oxygen atoms in total. The van der Waals surface area contributed by atoms with Gasteiger partial charge in [0, 0.05) is 18.5 Å². The lowest BCUT2D eigenvalue weighted by atomic mass is 10.2. The van der Waals surface area contributed by atoms with Crippen LogP contribution >= 0.6 is 11.8 Å². The van der Waals surface area contributed by atoms with Gasteiger partial charge >= 0.3 is 6.03 Å². The number of urea groups is 1. The van der Waals surface area contributed by atoms with Crippen LogP contribution in [0.5, 0.6) is 0 Å². The molecule has 2 heterocycles. The Bertz CT molecular complexity index is 749. The highest BCUT2D eigenvalue weighted by molar-refractivity contribution is 8.00. The molecular weight excluding hydrogens is 300 g/mol. The summed E-state index contributed by atoms with van der Waals surface area (Å²) in [4.78, 5) is 34.1. The maximum atomic E-state index is 12.4. The molecule has 1 aromatic heterocycles. The molecule has 3 amide bonds. The van der Waals surface area contributed by atoms with Crippen molar-refractivity contribution in [3.05, 3.63) is 30.1 Å². The number of imide groups is 1. The van der Waals surface area contributed by atoms with Gasteiger partial charge in [-0.05, 0) is 19.9 Å². The number of benzene rings is 1. The monoisotopic (exact) mass is 316 g/mol. The zero-order valence-electron chi connectivity index (χ0n) is 12.4. The second kappa shape index (κ2) is 5.92. The molecule has 1 atom stereocenters. The Balaban J connectivity index is 1.86. The standard InChI is InChI=1S/C15H16N4O2S/c1-9(14(20)19-8-7-16-15(19)21)22-13-11-5-3-4-6-12(11)17-10(2)18-13/h3-6,9H,7-8H2,1-2H3,(H,16,21). The van der Waals surface area contributed by atoms with Crippen molar-refractivity contribution in [3.8, 4) is 0 Å². The summed E-state index contributed by atoms with van der Waals surface area (Å²) in [6, 6.07) is 7.39. The Hall–Kier alpha value is -2.15. The maximum absolute atomic E-state index is 12.4. The molecule has 1 aromatic carbocycles. The quantitative estimate of drug-likeness (QED) is 0.692. The number of para-hydroxylation sites is 1. The van der Waals surface area contributed by atoms with Gasteiger partial charge in [0.1, 0.15) is 10.9 Å². The second-order valence-electron chi connectivity index (χ2n) is 5.08. The largest absolute Gasteiger partial charge is 0.336 e. The molecule has 0 radical (unpaired) electrons. The SMILES string of the molecule is Cc1nc(SC(C)C(=O)N2CCNC2=O)c2ccccc2n1. The number of hydrogen-bond donors (Lipinski definition) is 1. The van der Waals surface area contributed by atoms with E-state index >= 15 is 0 Å². The van der Waals surface area contributed by atoms with Crippen LogP contribution in [0, 0.1) is 6.92 Å². The average Bonchev–Trinajstić information content (AvgIpc) is 2.92. The fourth-order valence-corrected chi connectivity index (χ4v) is 3.41. The van der Waals surface area contributed by atoms with E-state index in [1.807, 2.05) is 31.2 Å². The van der Waals surface area contributed by atoms with Crippen molar-refractivity contribution in [1.82, 2.24) is 20.2 Å². The van der Waals surface area contributed by atoms with E-state index in [0.29, 0.717) is 18.9 Å². The van der Waals surface area contributed by atoms with E-state index in [2.05, 4.69) is 15.3 Å². The number of carbonyl (C=O) groups excluding carboxylic acids is 2. The van der Waals surface area contributed by atoms with Crippen molar-refractivity contribution in [1.29, 1.82) is 0 Å². The number of rotatable bonds is 3. The number of nitrogens with zero attached hydrogens (tertiary/aromatic N) is 3. The molecule has 1 unspecified atom stereocenters. The van der Waals surface area contributed by atoms with E-state index in [-0.39, 0.29) is 17.2 Å². The number of aryl methyl sites for hydroxylation is 1. The smallest absolute Gasteiger partial charge is 0.324 e. The first-order valence-electron chi connectivity index (χ1n) is 7.05. The highest BCUT2D eigenvalue weighted by atomic mass is 32.2. The second-order valence-corrected chi connectivity index (χ2v) is 6.40. The Kier molecular flexibility index (Phi) is 3.98. The molecule has 1 N–H and O–H groups in total. The van der Waals surface area contributed by atoms with Gasteiger partial charge < -0.3 is 5.32 Å². The lowest BCUT2D eigenvalue weighted by Gasteiger charge is -2.17. The van der Waals surface area contributed by atoms with E-state index in [1.165, 1.54) is 16.7 Å². The van der Waals surface area contributed by atoms with Crippen molar-refractivity contribution in [2.75, 3.05) is 13.1 Å². The molecule has 0 spiro atoms. The minimum Gasteiger partial charge on any atom is -0.336 e. The topological polar surface area (TPSA) is 75.2 Å². The fourth-order valence-electron chi connectivity index (χ4n) is 2.37. The van der Waals surface area contributed by atoms with Gasteiger partial charge in [0.15, 0.2) is 0 Å². The highest BCUT2D eigenvalue weighted by Gasteiger charge is 2.30. The summed E-state index contributed by atoms with van der Waals surface area (Å²) >= 11 is 1.36. The molecule has 114 valence electrons. The summed E-state index contributed by atoms with van der Waals surface area (Å²) in [5, 5.41) is 3.94. The molecule has 1 saturated heterocycles. The van der Waals surface area contributed by atoms with Gasteiger partial charge in [-0.15, -0.1) is 0 Å². The molecule has 1 fully saturated rings. The lowest BCUT2D eigenvalue weighted by Crippen LogP contribution is -2.38. The third-order valence-corrected chi connectivity index (χ3v) is 4.53. The number of carbonyl (C=O) groups is 2. The third-order valence-electron chi connectivity index (χ3n) is 3.44. The van der Waals surface area contributed by atoms with Crippen LogP contribution < -0.4 is 5.32 Å². The maximum Gasteiger partial charge on any atom is 0.324 e. The summed E-state index contributed by atoms with van der Waals surface area (Å²) in [5.41, 5.74) is 0.857. The van der Waals surface area contributed by atoms with Crippen molar-refractivity contribution >= 4 is 34.6 Å². The summed E-state index contributed by atoms with van der Waals surface area (Å²) < 4.78 is 0. The van der Waals surface area contributed by atoms with E-state index in [4.69, 9.17) is 0 Å². The Labute approximate surface area is 132 Å². The van der Waals surface area contributed by atoms with Crippen LogP contribution in [0.2, 0.25) is 0 Å². The van der Waals surface area contributed by atoms with Crippen LogP contribution in [0.4, 0.5) is 4.79 Å². The van der Waals surface area contributed by atoms with E-state index < -0.39 is 0 Å². The summed E-state index contributed by atoms with van der Waals surface area (Å²) in [5.74, 6) is 0.472. The minimum absolute atomic E-state index is 0.194. The van der Waals surface area contributed by atoms with Gasteiger partial charge in [-0.1, -0.05) is 30.0 Å². The summed E-state index contributed by atoms with van der Waals surface area (Å²) in [6.07, 6.45) is 0. The van der Waals surface area contributed by atoms with Gasteiger partial charge in [-0.25, -0.2) is 14.8 Å². The normalized spacial score (nSPS) is 15.9. The Morgan fingerprint density at radius 2 is 2.14 bits per heavy atom. The molecule has 1 aliphatic heterocycles. The van der Waals surface area contributed by atoms with Gasteiger partial charge in [0.05, 0.1) is 10.8 Å². The van der Waals surface area contributed by atoms with E-state index in [9.17, 15) is 9.59 Å². The molecule has 2 aromatic rings. The van der Waals surface area contributed by atoms with Crippen LogP contribution in [0.15, 0.2) is 29.3 Å². The van der Waals surface area contributed by atoms with Crippen molar-refractivity contribution in [2.24, 2.45) is 0 Å². The first kappa shape index (κ1) is 14.8. The van der Waals surface area contributed by atoms with Crippen LogP contribution in [0.3, 0.4) is 0 Å². The van der Waals surface area contributed by atoms with Gasteiger partial charge in [-0.2, -0.15) is 0 Å². The summed E-state index contributed by atoms with van der Waals surface area (Å²) in [6.45, 7) is 4.56. The third kappa shape index (κ3) is 2.76. The molecule has 7 heteroatoms. The molecule has 0 bridgehead atoms. The predicted molar refractivity (Wildman–Crippen MR) is 84.7 cm³/mol. The molecule has 3 rings (SSSR count). The fraction of sp³-hybridized carbons (Fsp3) is 0.333. The Morgan fingerprint density at radius 1 is 1.36 bits per heavy atom. The molecule has 1 aliphatic rings. The average molecular weight is 316 g/mol. The molecular formula is C15H16N4O2S. The molecule has 22 heavy (non-hydrogen) atoms. The minimum atomic E-state index is -0.387. The van der Waals surface area contributed by atoms with E-state index in [0.717, 1.165) is 15.9 Å². The first-order chi connectivity index (χ1) is 10.6. The van der Waals surface area contributed by atoms with Crippen molar-refractivity contribution < 1.29 is 9.59 Å². The molecule has 0 saturated carbocycles. The Morgan fingerprint density at radius 3 is 2.86 bits per heavy atom. The van der Waals surface area contributed by atoms with E-state index in [1.54, 1.807) is 6.92 Å². The number of thioether (sulfide) groups is 1. The number of aromatic nitrogens is 2. The predicted octanol–water partition coefficient (Wildman–Crippen LogP) is 1.97. The van der Waals surface area contributed by atoms with Crippen LogP contribution in [0.1, 0.15) is 12.7 Å². The number of amides is 3. The van der Waals surface area contributed by atoms with Gasteiger partial charge in [0.25, 0.3) is 0 Å². The highest BCUT2D eigenvalue weighted by Crippen LogP contribution is 2.29. The molecule has 0 aliphatic carbocycles. The zero-order valence-corrected chi connectivity index (χ0v) is 13.2. The number of nitrogens with one attached hydrogen (secondary N) is 1. The first-order valence-corrected chi connectivity index (χ1v) is 7.93.